The van der Waals surface area contributed by atoms with Crippen LogP contribution in [0.25, 0.3) is 6.08 Å². The Labute approximate surface area is 228 Å². The minimum absolute atomic E-state index is 0.0235. The van der Waals surface area contributed by atoms with Crippen LogP contribution in [0.1, 0.15) is 46.8 Å². The second kappa shape index (κ2) is 11.1. The number of fused-ring (bicyclic) bond motifs is 1. The molecule has 0 saturated heterocycles. The first-order valence-electron chi connectivity index (χ1n) is 12.1. The molecule has 0 bridgehead atoms. The SMILES string of the molecule is O=C(OCC(=O)N1N=C2C(=Cc3ccc(F)cc3)CCCC2C1c1ccc(F)cc1)c1c(Cl)cccc1Cl. The number of hydrogen-bond acceptors (Lipinski definition) is 4. The van der Waals surface area contributed by atoms with Gasteiger partial charge in [-0.1, -0.05) is 53.5 Å². The van der Waals surface area contributed by atoms with E-state index in [4.69, 9.17) is 33.0 Å². The zero-order chi connectivity index (χ0) is 26.8. The summed E-state index contributed by atoms with van der Waals surface area (Å²) in [4.78, 5) is 26.0. The Balaban J connectivity index is 1.44. The van der Waals surface area contributed by atoms with E-state index in [9.17, 15) is 18.4 Å². The zero-order valence-electron chi connectivity index (χ0n) is 20.0. The fourth-order valence-electron chi connectivity index (χ4n) is 4.92. The number of hydrogen-bond donors (Lipinski definition) is 0. The molecule has 38 heavy (non-hydrogen) atoms. The van der Waals surface area contributed by atoms with Crippen molar-refractivity contribution in [2.45, 2.75) is 25.3 Å². The molecule has 3 aromatic rings. The Hall–Kier alpha value is -3.55. The fourth-order valence-corrected chi connectivity index (χ4v) is 5.47. The summed E-state index contributed by atoms with van der Waals surface area (Å²) in [6.45, 7) is -0.585. The number of carbonyl (C=O) groups excluding carboxylic acids is 2. The number of carbonyl (C=O) groups is 2. The Kier molecular flexibility index (Phi) is 7.58. The van der Waals surface area contributed by atoms with Crippen LogP contribution in [-0.4, -0.2) is 29.2 Å². The summed E-state index contributed by atoms with van der Waals surface area (Å²) in [5, 5.41) is 6.24. The van der Waals surface area contributed by atoms with E-state index in [1.807, 2.05) is 6.08 Å². The van der Waals surface area contributed by atoms with E-state index >= 15 is 0 Å². The predicted octanol–water partition coefficient (Wildman–Crippen LogP) is 7.25. The summed E-state index contributed by atoms with van der Waals surface area (Å²) in [5.74, 6) is -2.23. The molecule has 2 aliphatic rings. The number of allylic oxidation sites excluding steroid dienone is 1. The van der Waals surface area contributed by atoms with Crippen LogP contribution in [-0.2, 0) is 9.53 Å². The molecule has 0 N–H and O–H groups in total. The molecule has 1 heterocycles. The van der Waals surface area contributed by atoms with Gasteiger partial charge in [0.05, 0.1) is 27.4 Å². The van der Waals surface area contributed by atoms with E-state index in [1.165, 1.54) is 41.4 Å². The monoisotopic (exact) mass is 554 g/mol. The quantitative estimate of drug-likeness (QED) is 0.312. The van der Waals surface area contributed by atoms with Crippen LogP contribution in [0.4, 0.5) is 8.78 Å². The Morgan fingerprint density at radius 3 is 2.26 bits per heavy atom. The lowest BCUT2D eigenvalue weighted by Gasteiger charge is -2.29. The van der Waals surface area contributed by atoms with Crippen LogP contribution in [0, 0.1) is 17.6 Å². The molecule has 194 valence electrons. The largest absolute Gasteiger partial charge is 0.452 e. The van der Waals surface area contributed by atoms with Gasteiger partial charge < -0.3 is 4.74 Å². The van der Waals surface area contributed by atoms with E-state index in [-0.39, 0.29) is 27.3 Å². The lowest BCUT2D eigenvalue weighted by atomic mass is 9.77. The average Bonchev–Trinajstić information content (AvgIpc) is 3.30. The summed E-state index contributed by atoms with van der Waals surface area (Å²) in [6, 6.07) is 16.2. The smallest absolute Gasteiger partial charge is 0.341 e. The average molecular weight is 555 g/mol. The highest BCUT2D eigenvalue weighted by atomic mass is 35.5. The fraction of sp³-hybridized carbons (Fsp3) is 0.207. The Bertz CT molecular complexity index is 1420. The summed E-state index contributed by atoms with van der Waals surface area (Å²) in [5.41, 5.74) is 3.19. The van der Waals surface area contributed by atoms with Gasteiger partial charge in [0.1, 0.15) is 11.6 Å². The third-order valence-electron chi connectivity index (χ3n) is 6.67. The van der Waals surface area contributed by atoms with E-state index in [1.54, 1.807) is 30.3 Å². The van der Waals surface area contributed by atoms with Crippen LogP contribution >= 0.6 is 23.2 Å². The van der Waals surface area contributed by atoms with Gasteiger partial charge in [-0.3, -0.25) is 4.79 Å². The molecule has 1 aliphatic heterocycles. The molecule has 9 heteroatoms. The van der Waals surface area contributed by atoms with Crippen molar-refractivity contribution in [2.75, 3.05) is 6.61 Å². The first-order valence-corrected chi connectivity index (χ1v) is 12.8. The zero-order valence-corrected chi connectivity index (χ0v) is 21.6. The number of rotatable bonds is 5. The number of hydrazone groups is 1. The molecule has 0 aromatic heterocycles. The number of benzene rings is 3. The van der Waals surface area contributed by atoms with Gasteiger partial charge >= 0.3 is 5.97 Å². The van der Waals surface area contributed by atoms with Crippen molar-refractivity contribution in [1.29, 1.82) is 0 Å². The summed E-state index contributed by atoms with van der Waals surface area (Å²) in [7, 11) is 0. The van der Waals surface area contributed by atoms with Crippen molar-refractivity contribution in [3.8, 4) is 0 Å². The molecule has 1 aliphatic carbocycles. The molecule has 1 saturated carbocycles. The third-order valence-corrected chi connectivity index (χ3v) is 7.30. The number of nitrogens with zero attached hydrogens (tertiary/aromatic N) is 2. The van der Waals surface area contributed by atoms with Gasteiger partial charge in [-0.05, 0) is 78.4 Å². The van der Waals surface area contributed by atoms with E-state index in [0.29, 0.717) is 5.56 Å². The van der Waals surface area contributed by atoms with Gasteiger partial charge in [-0.15, -0.1) is 0 Å². The van der Waals surface area contributed by atoms with Gasteiger partial charge in [0.25, 0.3) is 5.91 Å². The second-order valence-corrected chi connectivity index (χ2v) is 9.93. The molecule has 1 amide bonds. The first kappa shape index (κ1) is 26.1. The van der Waals surface area contributed by atoms with E-state index in [0.717, 1.165) is 36.1 Å². The van der Waals surface area contributed by atoms with E-state index in [2.05, 4.69) is 0 Å². The maximum atomic E-state index is 13.7. The number of amides is 1. The Morgan fingerprint density at radius 1 is 0.974 bits per heavy atom. The first-order chi connectivity index (χ1) is 18.3. The van der Waals surface area contributed by atoms with Crippen LogP contribution in [0.3, 0.4) is 0 Å². The van der Waals surface area contributed by atoms with Crippen molar-refractivity contribution in [3.63, 3.8) is 0 Å². The van der Waals surface area contributed by atoms with Gasteiger partial charge in [0.2, 0.25) is 0 Å². The van der Waals surface area contributed by atoms with Gasteiger partial charge in [-0.25, -0.2) is 18.6 Å². The summed E-state index contributed by atoms with van der Waals surface area (Å²) in [6.07, 6.45) is 4.31. The van der Waals surface area contributed by atoms with Crippen LogP contribution in [0.15, 0.2) is 77.4 Å². The highest BCUT2D eigenvalue weighted by Gasteiger charge is 2.44. The topological polar surface area (TPSA) is 59.0 Å². The van der Waals surface area contributed by atoms with Gasteiger partial charge in [0.15, 0.2) is 6.61 Å². The molecular weight excluding hydrogens is 533 g/mol. The third kappa shape index (κ3) is 5.35. The van der Waals surface area contributed by atoms with Crippen molar-refractivity contribution >= 4 is 46.9 Å². The normalized spacial score (nSPS) is 19.7. The molecule has 2 unspecified atom stereocenters. The lowest BCUT2D eigenvalue weighted by Crippen LogP contribution is -2.34. The van der Waals surface area contributed by atoms with E-state index < -0.39 is 30.3 Å². The van der Waals surface area contributed by atoms with Crippen LogP contribution in [0.2, 0.25) is 10.0 Å². The molecular formula is C29H22Cl2F2N2O3. The van der Waals surface area contributed by atoms with Crippen molar-refractivity contribution in [1.82, 2.24) is 5.01 Å². The number of ether oxygens (including phenoxy) is 1. The van der Waals surface area contributed by atoms with Gasteiger partial charge in [-0.2, -0.15) is 5.10 Å². The molecule has 0 radical (unpaired) electrons. The predicted molar refractivity (Wildman–Crippen MR) is 142 cm³/mol. The van der Waals surface area contributed by atoms with Crippen molar-refractivity contribution in [2.24, 2.45) is 11.0 Å². The molecule has 5 nitrogen and oxygen atoms in total. The standard InChI is InChI=1S/C29H22Cl2F2N2O3/c30-23-5-2-6-24(31)26(23)29(37)38-16-25(36)35-28(18-9-13-21(33)14-10-18)22-4-1-3-19(27(22)34-35)15-17-7-11-20(32)12-8-17/h2,5-15,22,28H,1,3-4,16H2. The molecule has 1 fully saturated rings. The van der Waals surface area contributed by atoms with Crippen LogP contribution < -0.4 is 0 Å². The van der Waals surface area contributed by atoms with Crippen molar-refractivity contribution in [3.05, 3.63) is 111 Å². The molecule has 3 aromatic carbocycles. The maximum absolute atomic E-state index is 13.7. The maximum Gasteiger partial charge on any atom is 0.341 e. The number of esters is 1. The summed E-state index contributed by atoms with van der Waals surface area (Å²) < 4.78 is 32.4. The highest BCUT2D eigenvalue weighted by molar-refractivity contribution is 6.39. The Morgan fingerprint density at radius 2 is 1.61 bits per heavy atom. The highest BCUT2D eigenvalue weighted by Crippen LogP contribution is 2.44. The van der Waals surface area contributed by atoms with Gasteiger partial charge in [0, 0.05) is 5.92 Å². The summed E-state index contributed by atoms with van der Waals surface area (Å²) >= 11 is 12.2. The minimum atomic E-state index is -0.826. The van der Waals surface area contributed by atoms with Crippen molar-refractivity contribution < 1.29 is 23.1 Å². The number of halogens is 4. The minimum Gasteiger partial charge on any atom is -0.452 e. The lowest BCUT2D eigenvalue weighted by molar-refractivity contribution is -0.137. The molecule has 5 rings (SSSR count). The molecule has 0 spiro atoms. The molecule has 2 atom stereocenters. The second-order valence-electron chi connectivity index (χ2n) is 9.11. The van der Waals surface area contributed by atoms with Crippen LogP contribution in [0.5, 0.6) is 0 Å².